The van der Waals surface area contributed by atoms with Crippen LogP contribution in [0.15, 0.2) is 12.3 Å². The minimum absolute atomic E-state index is 0.0681. The molecule has 1 aliphatic rings. The van der Waals surface area contributed by atoms with Gasteiger partial charge in [0.25, 0.3) is 0 Å². The molecule has 1 aromatic heterocycles. The minimum atomic E-state index is -4.42. The Morgan fingerprint density at radius 3 is 2.71 bits per heavy atom. The van der Waals surface area contributed by atoms with Gasteiger partial charge in [-0.2, -0.15) is 13.2 Å². The molecule has 17 heavy (non-hydrogen) atoms. The Bertz CT molecular complexity index is 392. The maximum atomic E-state index is 12.4. The number of hydrogen-bond acceptors (Lipinski definition) is 3. The molecule has 0 spiro atoms. The molecule has 2 atom stereocenters. The van der Waals surface area contributed by atoms with Crippen molar-refractivity contribution in [2.24, 2.45) is 5.92 Å². The van der Waals surface area contributed by atoms with Crippen molar-refractivity contribution in [3.05, 3.63) is 18.0 Å². The zero-order valence-electron chi connectivity index (χ0n) is 9.46. The van der Waals surface area contributed by atoms with Crippen molar-refractivity contribution in [3.63, 3.8) is 0 Å². The summed E-state index contributed by atoms with van der Waals surface area (Å²) >= 11 is 0. The molecule has 6 heteroatoms. The Labute approximate surface area is 97.5 Å². The summed E-state index contributed by atoms with van der Waals surface area (Å²) in [6.45, 7) is 2.08. The molecule has 0 amide bonds. The number of hydrogen-bond donors (Lipinski definition) is 1. The fourth-order valence-corrected chi connectivity index (χ4v) is 2.11. The maximum absolute atomic E-state index is 12.4. The van der Waals surface area contributed by atoms with Crippen LogP contribution in [0.5, 0.6) is 0 Å². The van der Waals surface area contributed by atoms with Gasteiger partial charge in [0.15, 0.2) is 0 Å². The Hall–Kier alpha value is -1.33. The number of alkyl halides is 3. The van der Waals surface area contributed by atoms with Crippen LogP contribution in [0, 0.1) is 5.92 Å². The molecule has 0 bridgehead atoms. The first-order chi connectivity index (χ1) is 7.97. The Kier molecular flexibility index (Phi) is 3.22. The average molecular weight is 245 g/mol. The summed E-state index contributed by atoms with van der Waals surface area (Å²) in [7, 11) is 0. The molecule has 1 aliphatic carbocycles. The molecule has 3 nitrogen and oxygen atoms in total. The summed E-state index contributed by atoms with van der Waals surface area (Å²) in [6, 6.07) is 1.06. The van der Waals surface area contributed by atoms with E-state index in [4.69, 9.17) is 0 Å². The molecule has 0 radical (unpaired) electrons. The Morgan fingerprint density at radius 2 is 2.12 bits per heavy atom. The largest absolute Gasteiger partial charge is 0.433 e. The molecule has 1 saturated carbocycles. The van der Waals surface area contributed by atoms with Gasteiger partial charge in [0, 0.05) is 12.2 Å². The van der Waals surface area contributed by atoms with E-state index in [1.165, 1.54) is 0 Å². The van der Waals surface area contributed by atoms with Crippen LogP contribution in [-0.2, 0) is 6.18 Å². The predicted octanol–water partition coefficient (Wildman–Crippen LogP) is 3.10. The molecule has 0 aliphatic heterocycles. The molecule has 1 fully saturated rings. The van der Waals surface area contributed by atoms with Gasteiger partial charge in [-0.25, -0.2) is 9.97 Å². The van der Waals surface area contributed by atoms with Gasteiger partial charge in [-0.1, -0.05) is 13.3 Å². The van der Waals surface area contributed by atoms with Crippen molar-refractivity contribution >= 4 is 5.95 Å². The number of halogens is 3. The molecule has 94 valence electrons. The van der Waals surface area contributed by atoms with E-state index >= 15 is 0 Å². The minimum Gasteiger partial charge on any atom is -0.351 e. The molecule has 1 heterocycles. The van der Waals surface area contributed by atoms with Crippen molar-refractivity contribution in [1.29, 1.82) is 0 Å². The van der Waals surface area contributed by atoms with Gasteiger partial charge in [-0.3, -0.25) is 0 Å². The van der Waals surface area contributed by atoms with E-state index in [1.807, 2.05) is 0 Å². The summed E-state index contributed by atoms with van der Waals surface area (Å²) < 4.78 is 37.3. The highest BCUT2D eigenvalue weighted by molar-refractivity contribution is 5.28. The van der Waals surface area contributed by atoms with Crippen LogP contribution in [0.2, 0.25) is 0 Å². The van der Waals surface area contributed by atoms with E-state index in [0.29, 0.717) is 5.92 Å². The highest BCUT2D eigenvalue weighted by Gasteiger charge is 2.33. The number of nitrogens with one attached hydrogen (secondary N) is 1. The number of anilines is 1. The van der Waals surface area contributed by atoms with Crippen LogP contribution in [0.1, 0.15) is 31.9 Å². The van der Waals surface area contributed by atoms with Gasteiger partial charge in [0.1, 0.15) is 5.69 Å². The van der Waals surface area contributed by atoms with Crippen molar-refractivity contribution in [3.8, 4) is 0 Å². The van der Waals surface area contributed by atoms with Gasteiger partial charge in [0.05, 0.1) is 0 Å². The van der Waals surface area contributed by atoms with E-state index in [1.54, 1.807) is 0 Å². The van der Waals surface area contributed by atoms with Crippen LogP contribution in [0.3, 0.4) is 0 Å². The lowest BCUT2D eigenvalue weighted by Crippen LogP contribution is -2.24. The third-order valence-electron chi connectivity index (χ3n) is 3.12. The zero-order chi connectivity index (χ0) is 12.5. The van der Waals surface area contributed by atoms with E-state index in [9.17, 15) is 13.2 Å². The molecule has 0 unspecified atom stereocenters. The van der Waals surface area contributed by atoms with Gasteiger partial charge < -0.3 is 5.32 Å². The third kappa shape index (κ3) is 2.87. The lowest BCUT2D eigenvalue weighted by Gasteiger charge is -2.17. The number of nitrogens with zero attached hydrogens (tertiary/aromatic N) is 2. The summed E-state index contributed by atoms with van der Waals surface area (Å²) in [5, 5.41) is 2.98. The highest BCUT2D eigenvalue weighted by atomic mass is 19.4. The molecule has 1 aromatic rings. The molecule has 0 aromatic carbocycles. The van der Waals surface area contributed by atoms with Crippen LogP contribution >= 0.6 is 0 Å². The van der Waals surface area contributed by atoms with Crippen LogP contribution < -0.4 is 5.32 Å². The fourth-order valence-electron chi connectivity index (χ4n) is 2.11. The van der Waals surface area contributed by atoms with Crippen molar-refractivity contribution < 1.29 is 13.2 Å². The van der Waals surface area contributed by atoms with E-state index in [0.717, 1.165) is 31.5 Å². The summed E-state index contributed by atoms with van der Waals surface area (Å²) in [4.78, 5) is 7.32. The Morgan fingerprint density at radius 1 is 1.35 bits per heavy atom. The third-order valence-corrected chi connectivity index (χ3v) is 3.12. The SMILES string of the molecule is C[C@@H]1CCC[C@H]1Nc1nccc(C(F)(F)F)n1. The normalized spacial score (nSPS) is 24.9. The predicted molar refractivity (Wildman–Crippen MR) is 57.5 cm³/mol. The lowest BCUT2D eigenvalue weighted by molar-refractivity contribution is -0.141. The summed E-state index contributed by atoms with van der Waals surface area (Å²) in [5.41, 5.74) is -0.902. The second-order valence-corrected chi connectivity index (χ2v) is 4.42. The average Bonchev–Trinajstić information content (AvgIpc) is 2.64. The van der Waals surface area contributed by atoms with Crippen molar-refractivity contribution in [1.82, 2.24) is 9.97 Å². The van der Waals surface area contributed by atoms with Gasteiger partial charge in [-0.05, 0) is 24.8 Å². The van der Waals surface area contributed by atoms with Crippen molar-refractivity contribution in [2.45, 2.75) is 38.4 Å². The second kappa shape index (κ2) is 4.50. The Balaban J connectivity index is 2.11. The smallest absolute Gasteiger partial charge is 0.351 e. The van der Waals surface area contributed by atoms with Gasteiger partial charge >= 0.3 is 6.18 Å². The topological polar surface area (TPSA) is 37.8 Å². The van der Waals surface area contributed by atoms with E-state index in [2.05, 4.69) is 22.2 Å². The lowest BCUT2D eigenvalue weighted by atomic mass is 10.1. The molecular formula is C11H14F3N3. The maximum Gasteiger partial charge on any atom is 0.433 e. The van der Waals surface area contributed by atoms with E-state index < -0.39 is 11.9 Å². The van der Waals surface area contributed by atoms with Crippen LogP contribution in [0.25, 0.3) is 0 Å². The quantitative estimate of drug-likeness (QED) is 0.870. The van der Waals surface area contributed by atoms with Crippen LogP contribution in [-0.4, -0.2) is 16.0 Å². The second-order valence-electron chi connectivity index (χ2n) is 4.42. The van der Waals surface area contributed by atoms with Crippen LogP contribution in [0.4, 0.5) is 19.1 Å². The van der Waals surface area contributed by atoms with Gasteiger partial charge in [-0.15, -0.1) is 0 Å². The zero-order valence-corrected chi connectivity index (χ0v) is 9.46. The van der Waals surface area contributed by atoms with Crippen molar-refractivity contribution in [2.75, 3.05) is 5.32 Å². The monoisotopic (exact) mass is 245 g/mol. The molecule has 0 saturated heterocycles. The number of aromatic nitrogens is 2. The molecular weight excluding hydrogens is 231 g/mol. The fraction of sp³-hybridized carbons (Fsp3) is 0.636. The first-order valence-corrected chi connectivity index (χ1v) is 5.63. The summed E-state index contributed by atoms with van der Waals surface area (Å²) in [6.07, 6.45) is -0.131. The van der Waals surface area contributed by atoms with Gasteiger partial charge in [0.2, 0.25) is 5.95 Å². The molecule has 1 N–H and O–H groups in total. The summed E-state index contributed by atoms with van der Waals surface area (Å²) in [5.74, 6) is 0.520. The first kappa shape index (κ1) is 12.1. The van der Waals surface area contributed by atoms with E-state index in [-0.39, 0.29) is 12.0 Å². The molecule has 2 rings (SSSR count). The number of rotatable bonds is 2. The highest BCUT2D eigenvalue weighted by Crippen LogP contribution is 2.29. The standard InChI is InChI=1S/C11H14F3N3/c1-7-3-2-4-8(7)16-10-15-6-5-9(17-10)11(12,13)14/h5-8H,2-4H2,1H3,(H,15,16,17)/t7-,8-/m1/s1. The first-order valence-electron chi connectivity index (χ1n) is 5.63.